The molecule has 2 aliphatic rings. The van der Waals surface area contributed by atoms with E-state index in [9.17, 15) is 24.3 Å². The predicted octanol–water partition coefficient (Wildman–Crippen LogP) is 7.67. The Labute approximate surface area is 362 Å². The van der Waals surface area contributed by atoms with E-state index in [-0.39, 0.29) is 61.1 Å². The Kier molecular flexibility index (Phi) is 18.4. The fourth-order valence-corrected chi connectivity index (χ4v) is 6.26. The van der Waals surface area contributed by atoms with Crippen LogP contribution in [0.25, 0.3) is 6.08 Å². The van der Waals surface area contributed by atoms with E-state index < -0.39 is 65.2 Å². The van der Waals surface area contributed by atoms with Crippen LogP contribution in [0.15, 0.2) is 113 Å². The summed E-state index contributed by atoms with van der Waals surface area (Å²) in [6.45, 7) is 10.8. The van der Waals surface area contributed by atoms with Crippen molar-refractivity contribution in [2.45, 2.75) is 116 Å². The second kappa shape index (κ2) is 23.4. The number of carbonyl (C=O) groups is 4. The quantitative estimate of drug-likeness (QED) is 0.0961. The van der Waals surface area contributed by atoms with Crippen molar-refractivity contribution >= 4 is 30.0 Å². The zero-order valence-electron chi connectivity index (χ0n) is 36.2. The van der Waals surface area contributed by atoms with Gasteiger partial charge in [0.05, 0.1) is 31.5 Å². The Balaban J connectivity index is 1.61. The highest BCUT2D eigenvalue weighted by atomic mass is 16.6. The van der Waals surface area contributed by atoms with Gasteiger partial charge in [-0.2, -0.15) is 0 Å². The molecule has 1 fully saturated rings. The summed E-state index contributed by atoms with van der Waals surface area (Å²) < 4.78 is 40.2. The fourth-order valence-electron chi connectivity index (χ4n) is 6.26. The summed E-state index contributed by atoms with van der Waals surface area (Å²) in [6.07, 6.45) is 26.1. The van der Waals surface area contributed by atoms with E-state index in [0.29, 0.717) is 6.42 Å². The van der Waals surface area contributed by atoms with Gasteiger partial charge in [0.2, 0.25) is 5.89 Å². The number of hydrogen-bond acceptors (Lipinski definition) is 14. The summed E-state index contributed by atoms with van der Waals surface area (Å²) in [5, 5.41) is 20.0. The molecular weight excluding hydrogens is 801 g/mol. The Morgan fingerprint density at radius 1 is 0.806 bits per heavy atom. The van der Waals surface area contributed by atoms with E-state index >= 15 is 0 Å². The zero-order valence-corrected chi connectivity index (χ0v) is 36.2. The average molecular weight is 859 g/mol. The number of epoxide rings is 1. The smallest absolute Gasteiger partial charge is 0.360 e. The molecular formula is C47H58N2O13. The second-order valence-corrected chi connectivity index (χ2v) is 15.8. The van der Waals surface area contributed by atoms with Crippen LogP contribution in [-0.4, -0.2) is 93.9 Å². The second-order valence-electron chi connectivity index (χ2n) is 15.8. The molecule has 2 aromatic rings. The first-order valence-corrected chi connectivity index (χ1v) is 20.5. The van der Waals surface area contributed by atoms with E-state index in [0.717, 1.165) is 0 Å². The Morgan fingerprint density at radius 2 is 1.44 bits per heavy atom. The van der Waals surface area contributed by atoms with E-state index in [2.05, 4.69) is 9.97 Å². The summed E-state index contributed by atoms with van der Waals surface area (Å²) in [5.74, 6) is -2.87. The normalized spacial score (nSPS) is 26.2. The molecule has 2 N–H and O–H groups in total. The summed E-state index contributed by atoms with van der Waals surface area (Å²) >= 11 is 0. The summed E-state index contributed by atoms with van der Waals surface area (Å²) in [7, 11) is 1.53. The third kappa shape index (κ3) is 14.6. The van der Waals surface area contributed by atoms with Crippen molar-refractivity contribution in [2.24, 2.45) is 10.8 Å². The van der Waals surface area contributed by atoms with E-state index in [4.69, 9.17) is 37.6 Å². The van der Waals surface area contributed by atoms with Gasteiger partial charge in [-0.15, -0.1) is 0 Å². The molecule has 2 aliphatic heterocycles. The lowest BCUT2D eigenvalue weighted by atomic mass is 9.78. The molecule has 62 heavy (non-hydrogen) atoms. The van der Waals surface area contributed by atoms with Crippen molar-refractivity contribution in [1.29, 1.82) is 0 Å². The van der Waals surface area contributed by atoms with Crippen molar-refractivity contribution < 1.29 is 61.9 Å². The maximum Gasteiger partial charge on any atom is 0.360 e. The van der Waals surface area contributed by atoms with Crippen LogP contribution in [0.3, 0.4) is 0 Å². The van der Waals surface area contributed by atoms with Crippen molar-refractivity contribution in [3.63, 3.8) is 0 Å². The van der Waals surface area contributed by atoms with E-state index in [1.165, 1.54) is 19.6 Å². The van der Waals surface area contributed by atoms with Gasteiger partial charge in [0, 0.05) is 36.9 Å². The van der Waals surface area contributed by atoms with Crippen LogP contribution in [0.1, 0.15) is 100.0 Å². The number of aliphatic carboxylic acids is 1. The number of carboxylic acid groups (broad SMARTS) is 1. The molecule has 0 amide bonds. The highest BCUT2D eigenvalue weighted by molar-refractivity contribution is 5.87. The van der Waals surface area contributed by atoms with Crippen LogP contribution in [0, 0.1) is 10.8 Å². The number of esters is 3. The lowest BCUT2D eigenvalue weighted by Crippen LogP contribution is -2.44. The summed E-state index contributed by atoms with van der Waals surface area (Å²) in [4.78, 5) is 59.3. The summed E-state index contributed by atoms with van der Waals surface area (Å²) in [5.41, 5.74) is -1.96. The summed E-state index contributed by atoms with van der Waals surface area (Å²) in [6, 6.07) is 0. The molecule has 0 spiro atoms. The molecule has 15 heteroatoms. The number of oxazole rings is 2. The minimum Gasteiger partial charge on any atom is -0.481 e. The topological polar surface area (TPSA) is 210 Å². The number of hydrogen-bond donors (Lipinski definition) is 2. The highest BCUT2D eigenvalue weighted by Gasteiger charge is 2.42. The standard InChI is InChI=1S/C47H58N2O13/c1-8-18-36(50)46(3,4)38-23-14-12-10-11-13-20-31(56-7)28-41-49-33(30-58-41)45(55)62-39(47(5,6)37(19-9-2)60-43(53)27-26-42(51)52)24-17-22-35-34(59-35)21-15-16-25-40-48-32(29-57-40)44(54)61-38/h8-22,25,29-31,34-39,50H,23-24,26-28H2,1-7H3,(H,51,52)/b11-10-,14-12-,18-8+,19-9+,20-13+,21-15+,22-17-,25-16-/t31-,34-,35+,36-,37-,38-,39-/m0/s1. The maximum absolute atomic E-state index is 13.6. The molecule has 0 aromatic carbocycles. The Morgan fingerprint density at radius 3 is 2.13 bits per heavy atom. The molecule has 0 saturated carbocycles. The monoisotopic (exact) mass is 858 g/mol. The molecule has 0 aliphatic carbocycles. The van der Waals surface area contributed by atoms with Crippen LogP contribution in [0.4, 0.5) is 0 Å². The first-order valence-electron chi connectivity index (χ1n) is 20.5. The first kappa shape index (κ1) is 48.8. The maximum atomic E-state index is 13.6. The minimum atomic E-state index is -1.13. The number of aliphatic hydroxyl groups excluding tert-OH is 1. The van der Waals surface area contributed by atoms with E-state index in [1.54, 1.807) is 101 Å². The molecule has 15 nitrogen and oxygen atoms in total. The number of fused-ring (bicyclic) bond motifs is 5. The number of methoxy groups -OCH3 is 1. The van der Waals surface area contributed by atoms with Gasteiger partial charge < -0.3 is 42.7 Å². The number of aromatic nitrogens is 2. The number of carboxylic acids is 1. The van der Waals surface area contributed by atoms with Gasteiger partial charge in [0.25, 0.3) is 0 Å². The fraction of sp³-hybridized carbons (Fsp3) is 0.447. The van der Waals surface area contributed by atoms with Crippen LogP contribution < -0.4 is 0 Å². The van der Waals surface area contributed by atoms with Crippen molar-refractivity contribution in [1.82, 2.24) is 9.97 Å². The van der Waals surface area contributed by atoms with Gasteiger partial charge in [0.1, 0.15) is 43.0 Å². The molecule has 2 aromatic heterocycles. The third-order valence-corrected chi connectivity index (χ3v) is 10.4. The van der Waals surface area contributed by atoms with Gasteiger partial charge >= 0.3 is 23.9 Å². The van der Waals surface area contributed by atoms with Gasteiger partial charge in [0.15, 0.2) is 17.3 Å². The predicted molar refractivity (Wildman–Crippen MR) is 228 cm³/mol. The van der Waals surface area contributed by atoms with Gasteiger partial charge in [-0.05, 0) is 19.9 Å². The number of carbonyl (C=O) groups excluding carboxylic acids is 3. The van der Waals surface area contributed by atoms with Gasteiger partial charge in [-0.3, -0.25) is 9.59 Å². The average Bonchev–Trinajstić information content (AvgIpc) is 3.53. The Hall–Kier alpha value is -5.90. The number of rotatable bonds is 11. The van der Waals surface area contributed by atoms with Crippen molar-refractivity contribution in [3.05, 3.63) is 127 Å². The van der Waals surface area contributed by atoms with Crippen molar-refractivity contribution in [3.8, 4) is 0 Å². The molecule has 7 atom stereocenters. The molecule has 1 saturated heterocycles. The number of cyclic esters (lactones) is 2. The Bertz CT molecular complexity index is 2060. The van der Waals surface area contributed by atoms with Crippen LogP contribution in [-0.2, 0) is 39.7 Å². The number of aliphatic hydroxyl groups is 1. The minimum absolute atomic E-state index is 0.0198. The van der Waals surface area contributed by atoms with Crippen LogP contribution in [0.2, 0.25) is 0 Å². The van der Waals surface area contributed by atoms with E-state index in [1.807, 2.05) is 38.2 Å². The lowest BCUT2D eigenvalue weighted by molar-refractivity contribution is -0.158. The number of allylic oxidation sites excluding steroid dienone is 8. The number of nitrogens with zero attached hydrogens (tertiary/aromatic N) is 2. The SMILES string of the molecule is C/C=C/[C@H](OC(=O)CCC(=O)O)C(C)(C)[C@@H]1C/C=C\[C@H]2O[C@H]2/C=C/C=C\c2nc(co2)C(=O)O[C@H](C(C)(C)[C@@H](O)/C=C/C)C\C=C/C=C\C=C\[C@H](OC)Cc2nc(co2)C(=O)O1. The van der Waals surface area contributed by atoms with Gasteiger partial charge in [-0.1, -0.05) is 113 Å². The molecule has 334 valence electrons. The molecule has 0 radical (unpaired) electrons. The highest BCUT2D eigenvalue weighted by Crippen LogP contribution is 2.36. The molecule has 4 rings (SSSR count). The van der Waals surface area contributed by atoms with Crippen LogP contribution in [0.5, 0.6) is 0 Å². The molecule has 4 heterocycles. The number of ether oxygens (including phenoxy) is 5. The lowest BCUT2D eigenvalue weighted by Gasteiger charge is -2.38. The first-order chi connectivity index (χ1) is 29.6. The zero-order chi connectivity index (χ0) is 45.3. The van der Waals surface area contributed by atoms with Gasteiger partial charge in [-0.25, -0.2) is 19.6 Å². The molecule has 0 unspecified atom stereocenters. The van der Waals surface area contributed by atoms with Crippen molar-refractivity contribution in [2.75, 3.05) is 7.11 Å². The largest absolute Gasteiger partial charge is 0.481 e. The molecule has 4 bridgehead atoms. The third-order valence-electron chi connectivity index (χ3n) is 10.4. The van der Waals surface area contributed by atoms with Crippen LogP contribution >= 0.6 is 0 Å².